The second-order valence-corrected chi connectivity index (χ2v) is 14.7. The molecule has 0 radical (unpaired) electrons. The first kappa shape index (κ1) is 28.6. The second kappa shape index (κ2) is 11.0. The number of rotatable bonds is 8. The number of ether oxygens (including phenoxy) is 1. The van der Waals surface area contributed by atoms with Crippen LogP contribution >= 0.6 is 0 Å². The van der Waals surface area contributed by atoms with Gasteiger partial charge in [-0.1, -0.05) is 31.5 Å². The number of piperidine rings is 1. The summed E-state index contributed by atoms with van der Waals surface area (Å²) >= 11 is 0. The fraction of sp³-hybridized carbons (Fsp3) is 0.541. The first-order valence-corrected chi connectivity index (χ1v) is 17.5. The third kappa shape index (κ3) is 4.89. The molecule has 0 amide bonds. The molecule has 9 heteroatoms. The van der Waals surface area contributed by atoms with Crippen LogP contribution in [0.25, 0.3) is 32.9 Å². The van der Waals surface area contributed by atoms with E-state index in [2.05, 4.69) is 28.1 Å². The molecule has 2 aromatic carbocycles. The highest BCUT2D eigenvalue weighted by Gasteiger charge is 2.49. The lowest BCUT2D eigenvalue weighted by molar-refractivity contribution is 0.0882. The number of aromatic hydroxyl groups is 1. The number of benzene rings is 2. The van der Waals surface area contributed by atoms with Gasteiger partial charge in [-0.2, -0.15) is 9.97 Å². The number of aromatic nitrogens is 3. The predicted octanol–water partition coefficient (Wildman–Crippen LogP) is 6.37. The van der Waals surface area contributed by atoms with Crippen LogP contribution in [0, 0.1) is 11.2 Å². The summed E-state index contributed by atoms with van der Waals surface area (Å²) in [6, 6.07) is 11.8. The van der Waals surface area contributed by atoms with Crippen molar-refractivity contribution in [1.82, 2.24) is 25.2 Å². The zero-order valence-electron chi connectivity index (χ0n) is 26.6. The average molecular weight is 623 g/mol. The van der Waals surface area contributed by atoms with Gasteiger partial charge in [0, 0.05) is 61.0 Å². The fourth-order valence-corrected chi connectivity index (χ4v) is 9.07. The molecule has 4 atom stereocenters. The van der Waals surface area contributed by atoms with Gasteiger partial charge in [0.1, 0.15) is 22.8 Å². The highest BCUT2D eigenvalue weighted by Crippen LogP contribution is 2.50. The summed E-state index contributed by atoms with van der Waals surface area (Å²) in [6.45, 7) is 5.34. The molecular formula is C37H43FN6O2. The summed E-state index contributed by atoms with van der Waals surface area (Å²) in [5.74, 6) is 0.274. The summed E-state index contributed by atoms with van der Waals surface area (Å²) in [5.41, 5.74) is 2.19. The van der Waals surface area contributed by atoms with Crippen LogP contribution in [-0.2, 0) is 6.42 Å². The summed E-state index contributed by atoms with van der Waals surface area (Å²) in [6.07, 6.45) is 13.7. The summed E-state index contributed by atoms with van der Waals surface area (Å²) in [4.78, 5) is 19.5. The topological polar surface area (TPSA) is 86.6 Å². The van der Waals surface area contributed by atoms with E-state index >= 15 is 4.39 Å². The molecule has 1 aliphatic carbocycles. The number of hydrogen-bond donors (Lipinski definition) is 2. The van der Waals surface area contributed by atoms with Gasteiger partial charge in [0.05, 0.1) is 12.0 Å². The molecule has 2 aromatic heterocycles. The Balaban J connectivity index is 1.11. The van der Waals surface area contributed by atoms with Crippen molar-refractivity contribution in [2.24, 2.45) is 5.41 Å². The number of phenolic OH excluding ortho intramolecular Hbond substituents is 1. The van der Waals surface area contributed by atoms with Gasteiger partial charge in [-0.15, -0.1) is 0 Å². The molecule has 1 saturated carbocycles. The zero-order chi connectivity index (χ0) is 31.0. The van der Waals surface area contributed by atoms with E-state index < -0.39 is 5.82 Å². The van der Waals surface area contributed by atoms with Crippen LogP contribution < -0.4 is 15.0 Å². The normalized spacial score (nSPS) is 26.7. The number of fused-ring (bicyclic) bond motifs is 6. The molecule has 46 heavy (non-hydrogen) atoms. The van der Waals surface area contributed by atoms with Crippen molar-refractivity contribution in [2.75, 3.05) is 31.1 Å². The van der Waals surface area contributed by atoms with Crippen molar-refractivity contribution in [2.45, 2.75) is 95.3 Å². The Bertz CT molecular complexity index is 1800. The van der Waals surface area contributed by atoms with Gasteiger partial charge in [0.15, 0.2) is 5.82 Å². The highest BCUT2D eigenvalue weighted by atomic mass is 19.1. The maximum atomic E-state index is 16.9. The van der Waals surface area contributed by atoms with Crippen LogP contribution in [0.3, 0.4) is 0 Å². The number of pyridine rings is 1. The van der Waals surface area contributed by atoms with E-state index in [0.717, 1.165) is 80.2 Å². The van der Waals surface area contributed by atoms with Crippen LogP contribution in [0.2, 0.25) is 0 Å². The molecule has 4 saturated heterocycles. The Labute approximate surface area is 269 Å². The molecule has 4 bridgehead atoms. The lowest BCUT2D eigenvalue weighted by Crippen LogP contribution is -2.51. The largest absolute Gasteiger partial charge is 0.508 e. The van der Waals surface area contributed by atoms with Crippen LogP contribution in [0.5, 0.6) is 11.8 Å². The number of aryl methyl sites for hydroxylation is 1. The summed E-state index contributed by atoms with van der Waals surface area (Å²) in [5, 5.41) is 16.7. The molecule has 240 valence electrons. The monoisotopic (exact) mass is 622 g/mol. The quantitative estimate of drug-likeness (QED) is 0.235. The first-order chi connectivity index (χ1) is 22.5. The Morgan fingerprint density at radius 3 is 2.54 bits per heavy atom. The number of anilines is 1. The number of nitrogens with one attached hydrogen (secondary N) is 1. The van der Waals surface area contributed by atoms with Crippen molar-refractivity contribution in [3.8, 4) is 23.0 Å². The number of piperazine rings is 1. The van der Waals surface area contributed by atoms with Crippen LogP contribution in [0.1, 0.15) is 70.3 Å². The molecule has 4 aliphatic heterocycles. The van der Waals surface area contributed by atoms with Gasteiger partial charge in [-0.05, 0) is 86.3 Å². The zero-order valence-corrected chi connectivity index (χ0v) is 26.6. The number of nitrogens with zero attached hydrogens (tertiary/aromatic N) is 5. The van der Waals surface area contributed by atoms with E-state index in [0.29, 0.717) is 35.5 Å². The van der Waals surface area contributed by atoms with Gasteiger partial charge in [0.25, 0.3) is 0 Å². The minimum atomic E-state index is -0.507. The standard InChI is InChI=1S/C37H43FN6O2/c1-2-22-5-3-6-23-15-28(45)16-29(31(22)23)33-32(38)34-30(17-39-33)35(43-18-24-9-10-25(19-43)40-24)42-36(41-34)46-21-37(13-14-37)20-44-26-7-4-8-27(44)12-11-26/h3,5-6,15-17,24-27,40,45H,2,4,7-14,18-21H2,1H3/t24-,25+,26?,27?. The molecule has 5 fully saturated rings. The molecule has 2 N–H and O–H groups in total. The fourth-order valence-electron chi connectivity index (χ4n) is 9.07. The lowest BCUT2D eigenvalue weighted by Gasteiger charge is -2.37. The second-order valence-electron chi connectivity index (χ2n) is 14.7. The van der Waals surface area contributed by atoms with Crippen LogP contribution in [0.15, 0.2) is 36.5 Å². The Kier molecular flexibility index (Phi) is 6.86. The Hall–Kier alpha value is -3.56. The van der Waals surface area contributed by atoms with Gasteiger partial charge < -0.3 is 20.1 Å². The minimum Gasteiger partial charge on any atom is -0.508 e. The van der Waals surface area contributed by atoms with Crippen LogP contribution in [-0.4, -0.2) is 75.4 Å². The number of hydrogen-bond acceptors (Lipinski definition) is 8. The first-order valence-electron chi connectivity index (χ1n) is 17.5. The summed E-state index contributed by atoms with van der Waals surface area (Å²) in [7, 11) is 0. The van der Waals surface area contributed by atoms with E-state index in [-0.39, 0.29) is 28.4 Å². The van der Waals surface area contributed by atoms with Gasteiger partial charge >= 0.3 is 6.01 Å². The molecule has 5 aliphatic rings. The third-order valence-electron chi connectivity index (χ3n) is 11.7. The van der Waals surface area contributed by atoms with Crippen molar-refractivity contribution in [1.29, 1.82) is 0 Å². The van der Waals surface area contributed by atoms with Crippen molar-refractivity contribution in [3.05, 3.63) is 47.9 Å². The van der Waals surface area contributed by atoms with Gasteiger partial charge in [0.2, 0.25) is 0 Å². The van der Waals surface area contributed by atoms with E-state index in [1.807, 2.05) is 12.1 Å². The number of phenols is 1. The molecule has 0 spiro atoms. The lowest BCUT2D eigenvalue weighted by atomic mass is 9.95. The molecular weight excluding hydrogens is 579 g/mol. The van der Waals surface area contributed by atoms with Gasteiger partial charge in [-0.3, -0.25) is 9.88 Å². The SMILES string of the molecule is CCc1cccc2cc(O)cc(-c3ncc4c(N5C[C@H]6CC[C@@H](C5)N6)nc(OCC5(CN6C7CCCC6CC7)CC5)nc4c3F)c12. The molecule has 4 aromatic rings. The smallest absolute Gasteiger partial charge is 0.319 e. The predicted molar refractivity (Wildman–Crippen MR) is 178 cm³/mol. The van der Waals surface area contributed by atoms with E-state index in [9.17, 15) is 5.11 Å². The highest BCUT2D eigenvalue weighted by molar-refractivity contribution is 6.01. The Morgan fingerprint density at radius 2 is 1.80 bits per heavy atom. The van der Waals surface area contributed by atoms with Gasteiger partial charge in [-0.25, -0.2) is 4.39 Å². The van der Waals surface area contributed by atoms with E-state index in [1.165, 1.54) is 32.1 Å². The molecule has 2 unspecified atom stereocenters. The maximum absolute atomic E-state index is 16.9. The van der Waals surface area contributed by atoms with Crippen molar-refractivity contribution >= 4 is 27.5 Å². The van der Waals surface area contributed by atoms with E-state index in [1.54, 1.807) is 18.3 Å². The summed E-state index contributed by atoms with van der Waals surface area (Å²) < 4.78 is 23.4. The Morgan fingerprint density at radius 1 is 1.02 bits per heavy atom. The van der Waals surface area contributed by atoms with Crippen molar-refractivity contribution < 1.29 is 14.2 Å². The van der Waals surface area contributed by atoms with Crippen LogP contribution in [0.4, 0.5) is 10.2 Å². The molecule has 8 nitrogen and oxygen atoms in total. The number of halogens is 1. The van der Waals surface area contributed by atoms with E-state index in [4.69, 9.17) is 19.7 Å². The average Bonchev–Trinajstić information content (AvgIpc) is 3.71. The maximum Gasteiger partial charge on any atom is 0.319 e. The molecule has 9 rings (SSSR count). The van der Waals surface area contributed by atoms with Crippen molar-refractivity contribution in [3.63, 3.8) is 0 Å². The third-order valence-corrected chi connectivity index (χ3v) is 11.7. The minimum absolute atomic E-state index is 0.0811. The molecule has 6 heterocycles.